The molecule has 21 heavy (non-hydrogen) atoms. The number of nitrogens with zero attached hydrogens (tertiary/aromatic N) is 1. The lowest BCUT2D eigenvalue weighted by Gasteiger charge is -2.26. The molecule has 1 aliphatic heterocycles. The third kappa shape index (κ3) is 2.61. The second-order valence-electron chi connectivity index (χ2n) is 5.39. The topological polar surface area (TPSA) is 86.9 Å². The van der Waals surface area contributed by atoms with Crippen LogP contribution < -0.4 is 10.0 Å². The largest absolute Gasteiger partial charge is 0.381 e. The van der Waals surface area contributed by atoms with Crippen molar-refractivity contribution in [3.8, 4) is 0 Å². The summed E-state index contributed by atoms with van der Waals surface area (Å²) < 4.78 is 27.6. The molecule has 0 amide bonds. The molecular formula is C14H18N4O2S. The first-order valence-corrected chi connectivity index (χ1v) is 8.37. The van der Waals surface area contributed by atoms with Crippen molar-refractivity contribution in [3.63, 3.8) is 0 Å². The Balaban J connectivity index is 1.98. The summed E-state index contributed by atoms with van der Waals surface area (Å²) in [6.07, 6.45) is 3.32. The number of fused-ring (bicyclic) bond motifs is 1. The molecule has 1 atom stereocenters. The highest BCUT2D eigenvalue weighted by molar-refractivity contribution is 7.92. The van der Waals surface area contributed by atoms with Crippen molar-refractivity contribution in [1.29, 1.82) is 0 Å². The Morgan fingerprint density at radius 3 is 2.90 bits per heavy atom. The van der Waals surface area contributed by atoms with Crippen LogP contribution in [-0.2, 0) is 16.4 Å². The number of hydrogen-bond donors (Lipinski definition) is 3. The molecule has 0 spiro atoms. The van der Waals surface area contributed by atoms with E-state index < -0.39 is 10.0 Å². The van der Waals surface area contributed by atoms with Crippen molar-refractivity contribution in [2.24, 2.45) is 0 Å². The van der Waals surface area contributed by atoms with Gasteiger partial charge >= 0.3 is 0 Å². The summed E-state index contributed by atoms with van der Waals surface area (Å²) in [4.78, 5) is 0.170. The lowest BCUT2D eigenvalue weighted by atomic mass is 9.98. The average molecular weight is 306 g/mol. The average Bonchev–Trinajstić information content (AvgIpc) is 2.86. The first-order valence-electron chi connectivity index (χ1n) is 6.88. The standard InChI is InChI=1S/C14H18N4O2S/c1-9-6-7-11-4-3-5-12(14(11)16-9)18-21(19,20)13-8-15-17-10(13)2/h3-5,8-9,16,18H,6-7H2,1-2H3,(H,15,17). The third-order valence-electron chi connectivity index (χ3n) is 3.71. The molecule has 0 saturated carbocycles. The van der Waals surface area contributed by atoms with Crippen LogP contribution in [0.1, 0.15) is 24.6 Å². The smallest absolute Gasteiger partial charge is 0.265 e. The number of aromatic amines is 1. The summed E-state index contributed by atoms with van der Waals surface area (Å²) in [5.74, 6) is 0. The number of aromatic nitrogens is 2. The first-order chi connectivity index (χ1) is 9.97. The molecule has 1 aliphatic rings. The van der Waals surface area contributed by atoms with Gasteiger partial charge in [-0.1, -0.05) is 12.1 Å². The molecule has 7 heteroatoms. The van der Waals surface area contributed by atoms with Gasteiger partial charge in [-0.15, -0.1) is 0 Å². The molecule has 6 nitrogen and oxygen atoms in total. The summed E-state index contributed by atoms with van der Waals surface area (Å²) in [6, 6.07) is 6.00. The highest BCUT2D eigenvalue weighted by Gasteiger charge is 2.23. The van der Waals surface area contributed by atoms with Crippen LogP contribution in [0.15, 0.2) is 29.3 Å². The summed E-state index contributed by atoms with van der Waals surface area (Å²) in [7, 11) is -3.64. The van der Waals surface area contributed by atoms with E-state index in [0.717, 1.165) is 24.1 Å². The Bertz CT molecular complexity index is 767. The highest BCUT2D eigenvalue weighted by Crippen LogP contribution is 2.33. The van der Waals surface area contributed by atoms with Crippen molar-refractivity contribution in [1.82, 2.24) is 10.2 Å². The van der Waals surface area contributed by atoms with Gasteiger partial charge in [-0.05, 0) is 38.3 Å². The summed E-state index contributed by atoms with van der Waals surface area (Å²) >= 11 is 0. The molecule has 1 aromatic heterocycles. The highest BCUT2D eigenvalue weighted by atomic mass is 32.2. The minimum absolute atomic E-state index is 0.170. The molecule has 2 heterocycles. The van der Waals surface area contributed by atoms with E-state index in [-0.39, 0.29) is 4.90 Å². The number of anilines is 2. The van der Waals surface area contributed by atoms with Gasteiger partial charge in [0.25, 0.3) is 10.0 Å². The van der Waals surface area contributed by atoms with Gasteiger partial charge in [0.1, 0.15) is 4.90 Å². The zero-order valence-corrected chi connectivity index (χ0v) is 12.8. The quantitative estimate of drug-likeness (QED) is 0.812. The molecule has 3 rings (SSSR count). The summed E-state index contributed by atoms with van der Waals surface area (Å²) in [5, 5.41) is 9.78. The van der Waals surface area contributed by atoms with E-state index in [1.54, 1.807) is 13.0 Å². The van der Waals surface area contributed by atoms with Crippen LogP contribution in [0.2, 0.25) is 0 Å². The number of aryl methyl sites for hydroxylation is 2. The maximum atomic E-state index is 12.5. The zero-order valence-electron chi connectivity index (χ0n) is 12.0. The van der Waals surface area contributed by atoms with E-state index in [2.05, 4.69) is 27.2 Å². The molecule has 112 valence electrons. The number of benzene rings is 1. The van der Waals surface area contributed by atoms with Gasteiger partial charge < -0.3 is 5.32 Å². The van der Waals surface area contributed by atoms with Gasteiger partial charge in [-0.2, -0.15) is 5.10 Å². The summed E-state index contributed by atoms with van der Waals surface area (Å²) in [5.41, 5.74) is 3.12. The molecule has 3 N–H and O–H groups in total. The van der Waals surface area contributed by atoms with Crippen LogP contribution in [0.5, 0.6) is 0 Å². The monoisotopic (exact) mass is 306 g/mol. The Morgan fingerprint density at radius 2 is 2.19 bits per heavy atom. The van der Waals surface area contributed by atoms with Gasteiger partial charge in [0.15, 0.2) is 0 Å². The molecule has 0 bridgehead atoms. The Hall–Kier alpha value is -2.02. The van der Waals surface area contributed by atoms with E-state index in [0.29, 0.717) is 17.4 Å². The minimum Gasteiger partial charge on any atom is -0.381 e. The van der Waals surface area contributed by atoms with Crippen LogP contribution in [0, 0.1) is 6.92 Å². The molecule has 0 radical (unpaired) electrons. The van der Waals surface area contributed by atoms with Gasteiger partial charge in [-0.25, -0.2) is 8.42 Å². The van der Waals surface area contributed by atoms with E-state index >= 15 is 0 Å². The minimum atomic E-state index is -3.64. The van der Waals surface area contributed by atoms with Gasteiger partial charge in [-0.3, -0.25) is 9.82 Å². The zero-order chi connectivity index (χ0) is 15.0. The predicted octanol–water partition coefficient (Wildman–Crippen LogP) is 2.27. The van der Waals surface area contributed by atoms with E-state index in [9.17, 15) is 8.42 Å². The van der Waals surface area contributed by atoms with Crippen molar-refractivity contribution in [2.75, 3.05) is 10.0 Å². The number of para-hydroxylation sites is 1. The van der Waals surface area contributed by atoms with Crippen LogP contribution in [-0.4, -0.2) is 24.7 Å². The predicted molar refractivity (Wildman–Crippen MR) is 82.0 cm³/mol. The fraction of sp³-hybridized carbons (Fsp3) is 0.357. The van der Waals surface area contributed by atoms with Crippen LogP contribution in [0.3, 0.4) is 0 Å². The second-order valence-corrected chi connectivity index (χ2v) is 7.04. The van der Waals surface area contributed by atoms with E-state index in [1.165, 1.54) is 6.20 Å². The van der Waals surface area contributed by atoms with Gasteiger partial charge in [0.2, 0.25) is 0 Å². The maximum Gasteiger partial charge on any atom is 0.265 e. The maximum absolute atomic E-state index is 12.5. The fourth-order valence-corrected chi connectivity index (χ4v) is 3.77. The van der Waals surface area contributed by atoms with Gasteiger partial charge in [0, 0.05) is 6.04 Å². The van der Waals surface area contributed by atoms with Crippen molar-refractivity contribution >= 4 is 21.4 Å². The Labute approximate surface area is 124 Å². The van der Waals surface area contributed by atoms with Crippen molar-refractivity contribution in [2.45, 2.75) is 37.6 Å². The van der Waals surface area contributed by atoms with Gasteiger partial charge in [0.05, 0.1) is 23.3 Å². The van der Waals surface area contributed by atoms with E-state index in [4.69, 9.17) is 0 Å². The normalized spacial score (nSPS) is 17.9. The third-order valence-corrected chi connectivity index (χ3v) is 5.18. The number of hydrogen-bond acceptors (Lipinski definition) is 4. The van der Waals surface area contributed by atoms with Crippen LogP contribution in [0.25, 0.3) is 0 Å². The number of sulfonamides is 1. The molecular weight excluding hydrogens is 288 g/mol. The Morgan fingerprint density at radius 1 is 1.38 bits per heavy atom. The lowest BCUT2D eigenvalue weighted by Crippen LogP contribution is -2.24. The van der Waals surface area contributed by atoms with Crippen LogP contribution >= 0.6 is 0 Å². The Kier molecular flexibility index (Phi) is 3.36. The first kappa shape index (κ1) is 13.9. The van der Waals surface area contributed by atoms with E-state index in [1.807, 2.05) is 12.1 Å². The molecule has 0 saturated heterocycles. The van der Waals surface area contributed by atoms with Crippen molar-refractivity contribution < 1.29 is 8.42 Å². The molecule has 1 aromatic carbocycles. The van der Waals surface area contributed by atoms with Crippen LogP contribution in [0.4, 0.5) is 11.4 Å². The molecule has 1 unspecified atom stereocenters. The molecule has 0 fully saturated rings. The molecule has 0 aliphatic carbocycles. The van der Waals surface area contributed by atoms with Crippen molar-refractivity contribution in [3.05, 3.63) is 35.7 Å². The number of rotatable bonds is 3. The number of H-pyrrole nitrogens is 1. The summed E-state index contributed by atoms with van der Waals surface area (Å²) in [6.45, 7) is 3.77. The molecule has 2 aromatic rings. The lowest BCUT2D eigenvalue weighted by molar-refractivity contribution is 0.600. The number of nitrogens with one attached hydrogen (secondary N) is 3. The SMILES string of the molecule is Cc1[nH]ncc1S(=O)(=O)Nc1cccc2c1NC(C)CC2. The second kappa shape index (κ2) is 5.07. The fourth-order valence-electron chi connectivity index (χ4n) is 2.56.